The van der Waals surface area contributed by atoms with Crippen LogP contribution in [0, 0.1) is 5.92 Å². The molecule has 0 spiro atoms. The maximum Gasteiger partial charge on any atom is 0.238 e. The quantitative estimate of drug-likeness (QED) is 0.651. The Balaban J connectivity index is 1.95. The SMILES string of the molecule is CC(N)(CN1C[C@@H]2CC[C@H]1C2)C(N)=O. The first kappa shape index (κ1) is 9.93. The molecule has 1 aliphatic heterocycles. The maximum atomic E-state index is 11.1. The molecule has 1 saturated heterocycles. The van der Waals surface area contributed by atoms with Crippen LogP contribution in [0.15, 0.2) is 0 Å². The number of fused-ring (bicyclic) bond motifs is 2. The van der Waals surface area contributed by atoms with E-state index in [0.717, 1.165) is 12.5 Å². The van der Waals surface area contributed by atoms with Gasteiger partial charge in [-0.05, 0) is 32.1 Å². The van der Waals surface area contributed by atoms with Gasteiger partial charge < -0.3 is 11.5 Å². The average molecular weight is 197 g/mol. The Labute approximate surface area is 84.6 Å². The highest BCUT2D eigenvalue weighted by Gasteiger charge is 2.41. The monoisotopic (exact) mass is 197 g/mol. The Morgan fingerprint density at radius 2 is 2.29 bits per heavy atom. The van der Waals surface area contributed by atoms with Crippen molar-refractivity contribution in [1.29, 1.82) is 0 Å². The highest BCUT2D eigenvalue weighted by Crippen LogP contribution is 2.37. The summed E-state index contributed by atoms with van der Waals surface area (Å²) in [5, 5.41) is 0. The van der Waals surface area contributed by atoms with Crippen molar-refractivity contribution in [1.82, 2.24) is 4.90 Å². The second kappa shape index (κ2) is 3.21. The van der Waals surface area contributed by atoms with Crippen LogP contribution in [-0.4, -0.2) is 35.5 Å². The number of nitrogens with two attached hydrogens (primary N) is 2. The summed E-state index contributed by atoms with van der Waals surface area (Å²) >= 11 is 0. The van der Waals surface area contributed by atoms with Crippen molar-refractivity contribution in [3.05, 3.63) is 0 Å². The standard InChI is InChI=1S/C10H19N3O/c1-10(12,9(11)14)6-13-5-7-2-3-8(13)4-7/h7-8H,2-6,12H2,1H3,(H2,11,14)/t7-,8+,10?/m1/s1. The summed E-state index contributed by atoms with van der Waals surface area (Å²) in [5.74, 6) is 0.434. The summed E-state index contributed by atoms with van der Waals surface area (Å²) in [5.41, 5.74) is 10.2. The van der Waals surface area contributed by atoms with Crippen LogP contribution in [0.5, 0.6) is 0 Å². The van der Waals surface area contributed by atoms with Crippen LogP contribution in [0.2, 0.25) is 0 Å². The van der Waals surface area contributed by atoms with E-state index in [1.165, 1.54) is 19.3 Å². The number of primary amides is 1. The lowest BCUT2D eigenvalue weighted by Gasteiger charge is -2.33. The summed E-state index contributed by atoms with van der Waals surface area (Å²) in [6.07, 6.45) is 3.90. The molecule has 1 unspecified atom stereocenters. The first-order valence-electron chi connectivity index (χ1n) is 5.32. The molecule has 2 aliphatic rings. The highest BCUT2D eigenvalue weighted by molar-refractivity contribution is 5.84. The summed E-state index contributed by atoms with van der Waals surface area (Å²) in [6, 6.07) is 0.655. The minimum atomic E-state index is -0.871. The summed E-state index contributed by atoms with van der Waals surface area (Å²) in [7, 11) is 0. The molecule has 0 radical (unpaired) electrons. The first-order chi connectivity index (χ1) is 6.49. The van der Waals surface area contributed by atoms with Crippen molar-refractivity contribution >= 4 is 5.91 Å². The third-order valence-electron chi connectivity index (χ3n) is 3.62. The predicted molar refractivity (Wildman–Crippen MR) is 54.5 cm³/mol. The van der Waals surface area contributed by atoms with Crippen molar-refractivity contribution in [2.75, 3.05) is 13.1 Å². The van der Waals surface area contributed by atoms with Gasteiger partial charge in [0, 0.05) is 19.1 Å². The fourth-order valence-corrected chi connectivity index (χ4v) is 2.72. The number of piperidine rings is 1. The van der Waals surface area contributed by atoms with Crippen molar-refractivity contribution in [2.24, 2.45) is 17.4 Å². The molecule has 0 aromatic rings. The van der Waals surface area contributed by atoms with Crippen molar-refractivity contribution < 1.29 is 4.79 Å². The fourth-order valence-electron chi connectivity index (χ4n) is 2.72. The van der Waals surface area contributed by atoms with Gasteiger partial charge in [0.05, 0.1) is 0 Å². The van der Waals surface area contributed by atoms with Crippen LogP contribution in [0.4, 0.5) is 0 Å². The Morgan fingerprint density at radius 1 is 1.57 bits per heavy atom. The van der Waals surface area contributed by atoms with Gasteiger partial charge in [0.1, 0.15) is 5.54 Å². The number of likely N-dealkylation sites (tertiary alicyclic amines) is 1. The molecule has 14 heavy (non-hydrogen) atoms. The van der Waals surface area contributed by atoms with Crippen LogP contribution in [0.1, 0.15) is 26.2 Å². The van der Waals surface area contributed by atoms with Crippen LogP contribution < -0.4 is 11.5 Å². The van der Waals surface area contributed by atoms with Crippen LogP contribution in [-0.2, 0) is 4.79 Å². The Hall–Kier alpha value is -0.610. The van der Waals surface area contributed by atoms with E-state index in [2.05, 4.69) is 4.90 Å². The molecule has 3 atom stereocenters. The van der Waals surface area contributed by atoms with Gasteiger partial charge in [0.25, 0.3) is 0 Å². The van der Waals surface area contributed by atoms with Crippen LogP contribution >= 0.6 is 0 Å². The van der Waals surface area contributed by atoms with Crippen molar-refractivity contribution in [3.63, 3.8) is 0 Å². The van der Waals surface area contributed by atoms with Gasteiger partial charge in [-0.25, -0.2) is 0 Å². The Kier molecular flexibility index (Phi) is 2.27. The van der Waals surface area contributed by atoms with Gasteiger partial charge in [-0.1, -0.05) is 0 Å². The molecule has 1 saturated carbocycles. The van der Waals surface area contributed by atoms with Gasteiger partial charge in [-0.3, -0.25) is 9.69 Å². The largest absolute Gasteiger partial charge is 0.368 e. The molecule has 2 rings (SSSR count). The lowest BCUT2D eigenvalue weighted by atomic mass is 10.0. The lowest BCUT2D eigenvalue weighted by molar-refractivity contribution is -0.123. The summed E-state index contributed by atoms with van der Waals surface area (Å²) < 4.78 is 0. The summed E-state index contributed by atoms with van der Waals surface area (Å²) in [6.45, 7) is 3.44. The van der Waals surface area contributed by atoms with E-state index in [9.17, 15) is 4.79 Å². The first-order valence-corrected chi connectivity index (χ1v) is 5.32. The number of carbonyl (C=O) groups excluding carboxylic acids is 1. The van der Waals surface area contributed by atoms with Gasteiger partial charge >= 0.3 is 0 Å². The zero-order chi connectivity index (χ0) is 10.3. The molecule has 4 nitrogen and oxygen atoms in total. The van der Waals surface area contributed by atoms with Crippen molar-refractivity contribution in [2.45, 2.75) is 37.8 Å². The molecule has 1 aliphatic carbocycles. The van der Waals surface area contributed by atoms with Gasteiger partial charge in [0.2, 0.25) is 5.91 Å². The van der Waals surface area contributed by atoms with Gasteiger partial charge in [0.15, 0.2) is 0 Å². The number of carbonyl (C=O) groups is 1. The second-order valence-corrected chi connectivity index (χ2v) is 5.04. The molecular weight excluding hydrogens is 178 g/mol. The summed E-state index contributed by atoms with van der Waals surface area (Å²) in [4.78, 5) is 13.4. The number of hydrogen-bond donors (Lipinski definition) is 2. The zero-order valence-electron chi connectivity index (χ0n) is 8.70. The normalized spacial score (nSPS) is 35.9. The lowest BCUT2D eigenvalue weighted by Crippen LogP contribution is -2.57. The average Bonchev–Trinajstić information content (AvgIpc) is 2.63. The van der Waals surface area contributed by atoms with E-state index in [0.29, 0.717) is 12.6 Å². The molecular formula is C10H19N3O. The Morgan fingerprint density at radius 3 is 2.71 bits per heavy atom. The number of hydrogen-bond acceptors (Lipinski definition) is 3. The van der Waals surface area contributed by atoms with E-state index < -0.39 is 11.4 Å². The number of amides is 1. The minimum Gasteiger partial charge on any atom is -0.368 e. The Bertz CT molecular complexity index is 252. The molecule has 80 valence electrons. The van der Waals surface area contributed by atoms with Crippen molar-refractivity contribution in [3.8, 4) is 0 Å². The predicted octanol–water partition coefficient (Wildman–Crippen LogP) is -0.327. The third kappa shape index (κ3) is 1.64. The van der Waals surface area contributed by atoms with E-state index in [-0.39, 0.29) is 0 Å². The number of nitrogens with zero attached hydrogens (tertiary/aromatic N) is 1. The molecule has 2 bridgehead atoms. The minimum absolute atomic E-state index is 0.403. The van der Waals surface area contributed by atoms with E-state index >= 15 is 0 Å². The second-order valence-electron chi connectivity index (χ2n) is 5.04. The number of rotatable bonds is 3. The smallest absolute Gasteiger partial charge is 0.238 e. The molecule has 4 heteroatoms. The third-order valence-corrected chi connectivity index (χ3v) is 3.62. The van der Waals surface area contributed by atoms with E-state index in [1.807, 2.05) is 0 Å². The van der Waals surface area contributed by atoms with Gasteiger partial charge in [-0.15, -0.1) is 0 Å². The topological polar surface area (TPSA) is 72.3 Å². The maximum absolute atomic E-state index is 11.1. The van der Waals surface area contributed by atoms with Gasteiger partial charge in [-0.2, -0.15) is 0 Å². The molecule has 4 N–H and O–H groups in total. The van der Waals surface area contributed by atoms with Crippen LogP contribution in [0.3, 0.4) is 0 Å². The zero-order valence-corrected chi connectivity index (χ0v) is 8.70. The molecule has 2 fully saturated rings. The van der Waals surface area contributed by atoms with Crippen LogP contribution in [0.25, 0.3) is 0 Å². The molecule has 0 aromatic heterocycles. The molecule has 0 aromatic carbocycles. The molecule has 1 amide bonds. The fraction of sp³-hybridized carbons (Fsp3) is 0.900. The molecule has 1 heterocycles. The van der Waals surface area contributed by atoms with E-state index in [4.69, 9.17) is 11.5 Å². The highest BCUT2D eigenvalue weighted by atomic mass is 16.1. The van der Waals surface area contributed by atoms with E-state index in [1.54, 1.807) is 6.92 Å².